The van der Waals surface area contributed by atoms with E-state index in [1.807, 2.05) is 44.2 Å². The first kappa shape index (κ1) is 13.1. The van der Waals surface area contributed by atoms with Crippen LogP contribution in [0.5, 0.6) is 0 Å². The van der Waals surface area contributed by atoms with Crippen molar-refractivity contribution in [2.45, 2.75) is 13.8 Å². The molecule has 0 saturated carbocycles. The summed E-state index contributed by atoms with van der Waals surface area (Å²) in [5, 5.41) is 13.2. The summed E-state index contributed by atoms with van der Waals surface area (Å²) in [6, 6.07) is 15.5. The molecule has 0 amide bonds. The number of hydrogen-bond donors (Lipinski definition) is 1. The molecule has 0 saturated heterocycles. The molecule has 102 valence electrons. The summed E-state index contributed by atoms with van der Waals surface area (Å²) in [5.41, 5.74) is 5.15. The second-order valence-electron chi connectivity index (χ2n) is 4.95. The van der Waals surface area contributed by atoms with Gasteiger partial charge in [-0.1, -0.05) is 0 Å². The van der Waals surface area contributed by atoms with Crippen LogP contribution in [0.2, 0.25) is 0 Å². The number of aromatic nitrogens is 2. The van der Waals surface area contributed by atoms with Crippen molar-refractivity contribution in [3.8, 4) is 6.07 Å². The quantitative estimate of drug-likeness (QED) is 0.770. The molecule has 2 heterocycles. The maximum Gasteiger partial charge on any atom is 0.161 e. The van der Waals surface area contributed by atoms with Gasteiger partial charge in [-0.15, -0.1) is 0 Å². The Bertz CT molecular complexity index is 840. The van der Waals surface area contributed by atoms with Gasteiger partial charge in [-0.2, -0.15) is 5.26 Å². The van der Waals surface area contributed by atoms with Gasteiger partial charge in [-0.05, 0) is 56.3 Å². The molecule has 3 rings (SSSR count). The fourth-order valence-corrected chi connectivity index (χ4v) is 2.21. The van der Waals surface area contributed by atoms with Gasteiger partial charge in [-0.3, -0.25) is 0 Å². The lowest BCUT2D eigenvalue weighted by Gasteiger charge is -2.10. The Morgan fingerprint density at radius 3 is 2.38 bits per heavy atom. The molecular weight excluding hydrogens is 260 g/mol. The minimum Gasteiger partial charge on any atom is -0.355 e. The molecule has 1 N–H and O–H groups in total. The summed E-state index contributed by atoms with van der Waals surface area (Å²) in [6.45, 7) is 3.91. The highest BCUT2D eigenvalue weighted by molar-refractivity contribution is 5.91. The highest BCUT2D eigenvalue weighted by Gasteiger charge is 2.06. The van der Waals surface area contributed by atoms with Gasteiger partial charge in [0.2, 0.25) is 0 Å². The molecule has 0 unspecified atom stereocenters. The lowest BCUT2D eigenvalue weighted by molar-refractivity contribution is 1.16. The molecule has 1 aromatic carbocycles. The summed E-state index contributed by atoms with van der Waals surface area (Å²) >= 11 is 0. The van der Waals surface area contributed by atoms with Crippen molar-refractivity contribution < 1.29 is 0 Å². The van der Waals surface area contributed by atoms with Gasteiger partial charge in [0.05, 0.1) is 17.3 Å². The second kappa shape index (κ2) is 5.22. The average Bonchev–Trinajstić information content (AvgIpc) is 2.47. The van der Waals surface area contributed by atoms with Gasteiger partial charge < -0.3 is 5.32 Å². The SMILES string of the molecule is Cc1ccc2c(Nc3ccc(C#N)cc3)cc(C)nc2n1. The molecule has 2 aromatic heterocycles. The first-order valence-corrected chi connectivity index (χ1v) is 6.68. The molecule has 3 aromatic rings. The van der Waals surface area contributed by atoms with Crippen molar-refractivity contribution in [1.29, 1.82) is 5.26 Å². The van der Waals surface area contributed by atoms with E-state index < -0.39 is 0 Å². The molecule has 0 spiro atoms. The lowest BCUT2D eigenvalue weighted by Crippen LogP contribution is -1.96. The Kier molecular flexibility index (Phi) is 3.25. The van der Waals surface area contributed by atoms with Crippen LogP contribution in [0.4, 0.5) is 11.4 Å². The third-order valence-corrected chi connectivity index (χ3v) is 3.23. The highest BCUT2D eigenvalue weighted by atomic mass is 14.9. The van der Waals surface area contributed by atoms with Crippen LogP contribution in [-0.2, 0) is 0 Å². The predicted molar refractivity (Wildman–Crippen MR) is 83.5 cm³/mol. The fourth-order valence-electron chi connectivity index (χ4n) is 2.21. The average molecular weight is 274 g/mol. The van der Waals surface area contributed by atoms with E-state index in [0.29, 0.717) is 5.56 Å². The van der Waals surface area contributed by atoms with Crippen molar-refractivity contribution in [3.05, 3.63) is 59.4 Å². The van der Waals surface area contributed by atoms with Crippen LogP contribution in [0.25, 0.3) is 11.0 Å². The second-order valence-corrected chi connectivity index (χ2v) is 4.95. The summed E-state index contributed by atoms with van der Waals surface area (Å²) in [5.74, 6) is 0. The molecule has 4 nitrogen and oxygen atoms in total. The van der Waals surface area contributed by atoms with E-state index in [2.05, 4.69) is 21.4 Å². The lowest BCUT2D eigenvalue weighted by atomic mass is 10.2. The Labute approximate surface area is 123 Å². The monoisotopic (exact) mass is 274 g/mol. The summed E-state index contributed by atoms with van der Waals surface area (Å²) in [6.07, 6.45) is 0. The third-order valence-electron chi connectivity index (χ3n) is 3.23. The zero-order valence-electron chi connectivity index (χ0n) is 11.9. The van der Waals surface area contributed by atoms with Gasteiger partial charge in [0.25, 0.3) is 0 Å². The molecule has 0 aliphatic heterocycles. The van der Waals surface area contributed by atoms with Crippen LogP contribution < -0.4 is 5.32 Å². The third kappa shape index (κ3) is 2.67. The van der Waals surface area contributed by atoms with Gasteiger partial charge in [0, 0.05) is 22.5 Å². The van der Waals surface area contributed by atoms with Crippen molar-refractivity contribution >= 4 is 22.4 Å². The minimum atomic E-state index is 0.647. The van der Waals surface area contributed by atoms with Gasteiger partial charge in [0.15, 0.2) is 5.65 Å². The number of rotatable bonds is 2. The van der Waals surface area contributed by atoms with Crippen molar-refractivity contribution in [1.82, 2.24) is 9.97 Å². The number of pyridine rings is 2. The predicted octanol–water partition coefficient (Wildman–Crippen LogP) is 3.86. The van der Waals surface area contributed by atoms with Crippen LogP contribution in [0.15, 0.2) is 42.5 Å². The molecule has 21 heavy (non-hydrogen) atoms. The molecule has 0 fully saturated rings. The Hall–Kier alpha value is -2.93. The number of aryl methyl sites for hydroxylation is 2. The Balaban J connectivity index is 2.05. The van der Waals surface area contributed by atoms with E-state index in [0.717, 1.165) is 33.8 Å². The molecule has 0 atom stereocenters. The smallest absolute Gasteiger partial charge is 0.161 e. The summed E-state index contributed by atoms with van der Waals surface area (Å²) < 4.78 is 0. The molecule has 0 radical (unpaired) electrons. The number of nitrogens with one attached hydrogen (secondary N) is 1. The van der Waals surface area contributed by atoms with Gasteiger partial charge in [0.1, 0.15) is 0 Å². The standard InChI is InChI=1S/C17H14N4/c1-11-3-8-15-16(9-12(2)20-17(15)19-11)21-14-6-4-13(10-18)5-7-14/h3-9H,1-2H3,(H,19,20,21). The molecular formula is C17H14N4. The van der Waals surface area contributed by atoms with E-state index in [1.165, 1.54) is 0 Å². The van der Waals surface area contributed by atoms with Crippen LogP contribution in [0.1, 0.15) is 17.0 Å². The minimum absolute atomic E-state index is 0.647. The number of hydrogen-bond acceptors (Lipinski definition) is 4. The van der Waals surface area contributed by atoms with Gasteiger partial charge in [-0.25, -0.2) is 9.97 Å². The first-order valence-electron chi connectivity index (χ1n) is 6.68. The number of anilines is 2. The highest BCUT2D eigenvalue weighted by Crippen LogP contribution is 2.25. The number of benzene rings is 1. The topological polar surface area (TPSA) is 61.6 Å². The maximum atomic E-state index is 8.83. The van der Waals surface area contributed by atoms with Gasteiger partial charge >= 0.3 is 0 Å². The molecule has 4 heteroatoms. The summed E-state index contributed by atoms with van der Waals surface area (Å²) in [7, 11) is 0. The van der Waals surface area contributed by atoms with Crippen LogP contribution in [0, 0.1) is 25.2 Å². The van der Waals surface area contributed by atoms with E-state index in [9.17, 15) is 0 Å². The molecule has 0 aliphatic carbocycles. The Morgan fingerprint density at radius 2 is 1.67 bits per heavy atom. The van der Waals surface area contributed by atoms with Crippen molar-refractivity contribution in [2.75, 3.05) is 5.32 Å². The fraction of sp³-hybridized carbons (Fsp3) is 0.118. The first-order chi connectivity index (χ1) is 10.2. The van der Waals surface area contributed by atoms with E-state index in [1.54, 1.807) is 12.1 Å². The van der Waals surface area contributed by atoms with Crippen molar-refractivity contribution in [2.24, 2.45) is 0 Å². The van der Waals surface area contributed by atoms with E-state index in [-0.39, 0.29) is 0 Å². The number of nitriles is 1. The zero-order valence-corrected chi connectivity index (χ0v) is 11.9. The number of fused-ring (bicyclic) bond motifs is 1. The largest absolute Gasteiger partial charge is 0.355 e. The van der Waals surface area contributed by atoms with Crippen LogP contribution in [0.3, 0.4) is 0 Å². The van der Waals surface area contributed by atoms with Crippen LogP contribution >= 0.6 is 0 Å². The zero-order chi connectivity index (χ0) is 14.8. The molecule has 0 aliphatic rings. The van der Waals surface area contributed by atoms with Crippen LogP contribution in [-0.4, -0.2) is 9.97 Å². The maximum absolute atomic E-state index is 8.83. The van der Waals surface area contributed by atoms with E-state index in [4.69, 9.17) is 5.26 Å². The van der Waals surface area contributed by atoms with E-state index >= 15 is 0 Å². The normalized spacial score (nSPS) is 10.3. The summed E-state index contributed by atoms with van der Waals surface area (Å²) in [4.78, 5) is 8.94. The molecule has 0 bridgehead atoms. The number of nitrogens with zero attached hydrogens (tertiary/aromatic N) is 3. The Morgan fingerprint density at radius 1 is 0.952 bits per heavy atom. The van der Waals surface area contributed by atoms with Crippen molar-refractivity contribution in [3.63, 3.8) is 0 Å².